The van der Waals surface area contributed by atoms with E-state index < -0.39 is 29.3 Å². The minimum absolute atomic E-state index is 0.140. The number of hydrogen-bond acceptors (Lipinski definition) is 6. The molecule has 0 atom stereocenters. The second-order valence-corrected chi connectivity index (χ2v) is 4.89. The van der Waals surface area contributed by atoms with Gasteiger partial charge in [0.1, 0.15) is 5.60 Å². The van der Waals surface area contributed by atoms with Crippen LogP contribution in [-0.4, -0.2) is 32.5 Å². The Morgan fingerprint density at radius 2 is 1.58 bits per heavy atom. The van der Waals surface area contributed by atoms with E-state index in [-0.39, 0.29) is 12.8 Å². The summed E-state index contributed by atoms with van der Waals surface area (Å²) in [4.78, 5) is 27.4. The number of rotatable bonds is 4. The minimum Gasteiger partial charge on any atom is -0.492 e. The number of esters is 1. The molecule has 0 aliphatic heterocycles. The van der Waals surface area contributed by atoms with Crippen molar-refractivity contribution in [2.24, 2.45) is 0 Å². The lowest BCUT2D eigenvalue weighted by Gasteiger charge is -2.19. The molecule has 0 aliphatic rings. The summed E-state index contributed by atoms with van der Waals surface area (Å²) in [5, 5.41) is 18.5. The van der Waals surface area contributed by atoms with E-state index in [4.69, 9.17) is 4.74 Å². The maximum absolute atomic E-state index is 11.4. The molecule has 0 bridgehead atoms. The molecule has 1 heterocycles. The first kappa shape index (κ1) is 14.9. The van der Waals surface area contributed by atoms with Gasteiger partial charge in [0, 0.05) is 12.1 Å². The standard InChI is InChI=1S/C12H17NO6/c1-12(2,3)18-10(16)6-7-11(17)19-13-8(14)4-5-9(13)15/h4-5,14-15H,6-7H2,1-3H3. The van der Waals surface area contributed by atoms with Crippen LogP contribution in [0.2, 0.25) is 0 Å². The first-order valence-corrected chi connectivity index (χ1v) is 5.72. The fraction of sp³-hybridized carbons (Fsp3) is 0.500. The molecule has 19 heavy (non-hydrogen) atoms. The van der Waals surface area contributed by atoms with Crippen LogP contribution in [0, 0.1) is 0 Å². The third kappa shape index (κ3) is 4.90. The summed E-state index contributed by atoms with van der Waals surface area (Å²) in [7, 11) is 0. The van der Waals surface area contributed by atoms with Crippen molar-refractivity contribution in [3.63, 3.8) is 0 Å². The van der Waals surface area contributed by atoms with Crippen molar-refractivity contribution < 1.29 is 29.4 Å². The monoisotopic (exact) mass is 271 g/mol. The Bertz CT molecular complexity index is 452. The van der Waals surface area contributed by atoms with Crippen molar-refractivity contribution in [2.45, 2.75) is 39.2 Å². The van der Waals surface area contributed by atoms with Crippen molar-refractivity contribution in [1.82, 2.24) is 4.73 Å². The van der Waals surface area contributed by atoms with E-state index in [2.05, 4.69) is 4.84 Å². The molecule has 1 aromatic heterocycles. The van der Waals surface area contributed by atoms with Crippen molar-refractivity contribution in [3.8, 4) is 11.8 Å². The molecule has 0 radical (unpaired) electrons. The van der Waals surface area contributed by atoms with Crippen LogP contribution in [0.3, 0.4) is 0 Å². The van der Waals surface area contributed by atoms with Crippen LogP contribution in [0.15, 0.2) is 12.1 Å². The summed E-state index contributed by atoms with van der Waals surface area (Å²) in [6.45, 7) is 5.16. The number of ether oxygens (including phenoxy) is 1. The van der Waals surface area contributed by atoms with Gasteiger partial charge in [-0.05, 0) is 20.8 Å². The highest BCUT2D eigenvalue weighted by atomic mass is 16.7. The highest BCUT2D eigenvalue weighted by Gasteiger charge is 2.18. The molecule has 1 rings (SSSR count). The number of nitrogens with zero attached hydrogens (tertiary/aromatic N) is 1. The number of hydrogen-bond donors (Lipinski definition) is 2. The molecule has 106 valence electrons. The largest absolute Gasteiger partial charge is 0.492 e. The predicted molar refractivity (Wildman–Crippen MR) is 64.4 cm³/mol. The minimum atomic E-state index is -0.771. The van der Waals surface area contributed by atoms with Gasteiger partial charge < -0.3 is 19.8 Å². The van der Waals surface area contributed by atoms with E-state index in [0.29, 0.717) is 4.73 Å². The third-order valence-corrected chi connectivity index (χ3v) is 1.94. The van der Waals surface area contributed by atoms with Gasteiger partial charge in [-0.15, -0.1) is 4.73 Å². The van der Waals surface area contributed by atoms with Crippen LogP contribution in [0.4, 0.5) is 0 Å². The van der Waals surface area contributed by atoms with Gasteiger partial charge in [-0.3, -0.25) is 4.79 Å². The molecular weight excluding hydrogens is 254 g/mol. The van der Waals surface area contributed by atoms with Crippen LogP contribution in [-0.2, 0) is 14.3 Å². The van der Waals surface area contributed by atoms with Gasteiger partial charge in [0.25, 0.3) is 0 Å². The molecule has 0 spiro atoms. The lowest BCUT2D eigenvalue weighted by atomic mass is 10.2. The average Bonchev–Trinajstić information content (AvgIpc) is 2.56. The fourth-order valence-electron chi connectivity index (χ4n) is 1.24. The van der Waals surface area contributed by atoms with E-state index in [0.717, 1.165) is 12.1 Å². The second kappa shape index (κ2) is 5.64. The molecule has 2 N–H and O–H groups in total. The Hall–Kier alpha value is -2.18. The van der Waals surface area contributed by atoms with Crippen LogP contribution >= 0.6 is 0 Å². The summed E-state index contributed by atoms with van der Waals surface area (Å²) in [6, 6.07) is 2.33. The van der Waals surface area contributed by atoms with E-state index in [1.54, 1.807) is 20.8 Å². The van der Waals surface area contributed by atoms with Gasteiger partial charge in [0.2, 0.25) is 11.8 Å². The van der Waals surface area contributed by atoms with Gasteiger partial charge >= 0.3 is 11.9 Å². The average molecular weight is 271 g/mol. The van der Waals surface area contributed by atoms with Crippen LogP contribution in [0.25, 0.3) is 0 Å². The lowest BCUT2D eigenvalue weighted by Crippen LogP contribution is -2.25. The zero-order valence-corrected chi connectivity index (χ0v) is 11.0. The zero-order chi connectivity index (χ0) is 14.6. The fourth-order valence-corrected chi connectivity index (χ4v) is 1.24. The molecule has 0 unspecified atom stereocenters. The number of carbonyl (C=O) groups is 2. The summed E-state index contributed by atoms with van der Waals surface area (Å²) in [6.07, 6.45) is -0.356. The molecule has 0 fully saturated rings. The highest BCUT2D eigenvalue weighted by molar-refractivity contribution is 5.78. The van der Waals surface area contributed by atoms with Gasteiger partial charge in [0.05, 0.1) is 12.8 Å². The number of carbonyl (C=O) groups excluding carboxylic acids is 2. The Labute approximate surface area is 110 Å². The van der Waals surface area contributed by atoms with E-state index >= 15 is 0 Å². The highest BCUT2D eigenvalue weighted by Crippen LogP contribution is 2.19. The molecule has 0 aliphatic carbocycles. The number of aromatic nitrogens is 1. The van der Waals surface area contributed by atoms with Crippen LogP contribution < -0.4 is 4.84 Å². The third-order valence-electron chi connectivity index (χ3n) is 1.94. The van der Waals surface area contributed by atoms with Crippen LogP contribution in [0.5, 0.6) is 11.8 Å². The Morgan fingerprint density at radius 3 is 2.05 bits per heavy atom. The zero-order valence-electron chi connectivity index (χ0n) is 11.0. The quantitative estimate of drug-likeness (QED) is 0.792. The Balaban J connectivity index is 2.43. The predicted octanol–water partition coefficient (Wildman–Crippen LogP) is 0.976. The van der Waals surface area contributed by atoms with Crippen LogP contribution in [0.1, 0.15) is 33.6 Å². The topological polar surface area (TPSA) is 98.0 Å². The maximum atomic E-state index is 11.4. The Morgan fingerprint density at radius 1 is 1.11 bits per heavy atom. The molecular formula is C12H17NO6. The molecule has 0 saturated carbocycles. The molecule has 0 aromatic carbocycles. The normalized spacial score (nSPS) is 11.1. The summed E-state index contributed by atoms with van der Waals surface area (Å²) >= 11 is 0. The molecule has 1 aromatic rings. The molecule has 0 amide bonds. The lowest BCUT2D eigenvalue weighted by molar-refractivity contribution is -0.158. The van der Waals surface area contributed by atoms with E-state index in [1.807, 2.05) is 0 Å². The van der Waals surface area contributed by atoms with Crippen molar-refractivity contribution in [1.29, 1.82) is 0 Å². The number of aromatic hydroxyl groups is 2. The van der Waals surface area contributed by atoms with E-state index in [1.165, 1.54) is 0 Å². The summed E-state index contributed by atoms with van der Waals surface area (Å²) in [5.41, 5.74) is -0.613. The second-order valence-electron chi connectivity index (χ2n) is 4.89. The molecule has 7 nitrogen and oxygen atoms in total. The van der Waals surface area contributed by atoms with E-state index in [9.17, 15) is 19.8 Å². The van der Waals surface area contributed by atoms with Crippen molar-refractivity contribution >= 4 is 11.9 Å². The van der Waals surface area contributed by atoms with Crippen molar-refractivity contribution in [3.05, 3.63) is 12.1 Å². The van der Waals surface area contributed by atoms with Crippen molar-refractivity contribution in [2.75, 3.05) is 0 Å². The first-order valence-electron chi connectivity index (χ1n) is 5.72. The smallest absolute Gasteiger partial charge is 0.333 e. The molecule has 7 heteroatoms. The first-order chi connectivity index (χ1) is 8.69. The maximum Gasteiger partial charge on any atom is 0.333 e. The SMILES string of the molecule is CC(C)(C)OC(=O)CCC(=O)On1c(O)ccc1O. The van der Waals surface area contributed by atoms with Gasteiger partial charge in [-0.1, -0.05) is 0 Å². The summed E-state index contributed by atoms with van der Waals surface area (Å²) in [5.74, 6) is -2.12. The van der Waals surface area contributed by atoms with Gasteiger partial charge in [0.15, 0.2) is 0 Å². The molecule has 0 saturated heterocycles. The Kier molecular flexibility index (Phi) is 4.42. The van der Waals surface area contributed by atoms with Gasteiger partial charge in [-0.2, -0.15) is 0 Å². The summed E-state index contributed by atoms with van der Waals surface area (Å²) < 4.78 is 5.59. The van der Waals surface area contributed by atoms with Gasteiger partial charge in [-0.25, -0.2) is 4.79 Å².